The largest absolute Gasteiger partial charge is 0.395 e. The van der Waals surface area contributed by atoms with E-state index >= 15 is 0 Å². The van der Waals surface area contributed by atoms with E-state index in [4.69, 9.17) is 0 Å². The van der Waals surface area contributed by atoms with Crippen LogP contribution >= 0.6 is 0 Å². The molecule has 0 aliphatic rings. The second-order valence-corrected chi connectivity index (χ2v) is 4.81. The number of hydrogen-bond donors (Lipinski definition) is 4. The number of imide groups is 1. The van der Waals surface area contributed by atoms with Gasteiger partial charge in [0.2, 0.25) is 5.91 Å². The summed E-state index contributed by atoms with van der Waals surface area (Å²) in [4.78, 5) is 23.1. The van der Waals surface area contributed by atoms with Gasteiger partial charge in [-0.25, -0.2) is 4.79 Å². The summed E-state index contributed by atoms with van der Waals surface area (Å²) in [6, 6.07) is 8.36. The van der Waals surface area contributed by atoms with Crippen molar-refractivity contribution < 1.29 is 14.7 Å². The standard InChI is InChI=1S/C15H23N3O3/c1-3-16-15(21)18-14(20)11(2)17-13(10-19)9-12-7-5-4-6-8-12/h4-8,11,13,17,19H,3,9-10H2,1-2H3,(H2,16,18,20,21). The topological polar surface area (TPSA) is 90.5 Å². The van der Waals surface area contributed by atoms with E-state index in [1.165, 1.54) is 0 Å². The lowest BCUT2D eigenvalue weighted by atomic mass is 10.1. The molecule has 21 heavy (non-hydrogen) atoms. The van der Waals surface area contributed by atoms with E-state index in [1.54, 1.807) is 13.8 Å². The Morgan fingerprint density at radius 1 is 1.24 bits per heavy atom. The fourth-order valence-corrected chi connectivity index (χ4v) is 1.93. The third-order valence-electron chi connectivity index (χ3n) is 3.00. The van der Waals surface area contributed by atoms with Gasteiger partial charge in [0.05, 0.1) is 12.6 Å². The molecule has 0 spiro atoms. The molecule has 0 aliphatic heterocycles. The number of amides is 3. The zero-order valence-corrected chi connectivity index (χ0v) is 12.4. The summed E-state index contributed by atoms with van der Waals surface area (Å²) in [7, 11) is 0. The molecular weight excluding hydrogens is 270 g/mol. The highest BCUT2D eigenvalue weighted by atomic mass is 16.3. The van der Waals surface area contributed by atoms with Crippen LogP contribution in [0.1, 0.15) is 19.4 Å². The van der Waals surface area contributed by atoms with Crippen molar-refractivity contribution in [1.29, 1.82) is 0 Å². The van der Waals surface area contributed by atoms with E-state index in [-0.39, 0.29) is 12.6 Å². The van der Waals surface area contributed by atoms with Crippen LogP contribution in [-0.4, -0.2) is 42.3 Å². The Hall–Kier alpha value is -1.92. The number of hydrogen-bond acceptors (Lipinski definition) is 4. The van der Waals surface area contributed by atoms with Crippen LogP contribution in [0.15, 0.2) is 30.3 Å². The molecule has 0 aliphatic carbocycles. The molecule has 1 aromatic carbocycles. The van der Waals surface area contributed by atoms with E-state index in [9.17, 15) is 14.7 Å². The number of rotatable bonds is 7. The van der Waals surface area contributed by atoms with Crippen molar-refractivity contribution >= 4 is 11.9 Å². The lowest BCUT2D eigenvalue weighted by Crippen LogP contribution is -2.51. The van der Waals surface area contributed by atoms with Crippen LogP contribution in [0.2, 0.25) is 0 Å². The number of urea groups is 1. The molecule has 0 aromatic heterocycles. The monoisotopic (exact) mass is 293 g/mol. The van der Waals surface area contributed by atoms with Crippen molar-refractivity contribution in [3.8, 4) is 0 Å². The Balaban J connectivity index is 2.48. The van der Waals surface area contributed by atoms with Crippen LogP contribution in [0, 0.1) is 0 Å². The van der Waals surface area contributed by atoms with E-state index in [1.807, 2.05) is 30.3 Å². The maximum atomic E-state index is 11.8. The lowest BCUT2D eigenvalue weighted by Gasteiger charge is -2.21. The first-order valence-corrected chi connectivity index (χ1v) is 7.06. The van der Waals surface area contributed by atoms with Crippen LogP contribution in [0.25, 0.3) is 0 Å². The molecule has 3 amide bonds. The molecule has 0 heterocycles. The van der Waals surface area contributed by atoms with Crippen molar-refractivity contribution in [2.75, 3.05) is 13.2 Å². The smallest absolute Gasteiger partial charge is 0.321 e. The molecule has 6 nitrogen and oxygen atoms in total. The first-order chi connectivity index (χ1) is 10.1. The Labute approximate surface area is 124 Å². The highest BCUT2D eigenvalue weighted by molar-refractivity contribution is 5.96. The minimum absolute atomic E-state index is 0.0896. The fourth-order valence-electron chi connectivity index (χ4n) is 1.93. The summed E-state index contributed by atoms with van der Waals surface area (Å²) in [5, 5.41) is 17.2. The van der Waals surface area contributed by atoms with Gasteiger partial charge in [0, 0.05) is 12.6 Å². The normalized spacial score (nSPS) is 13.3. The first kappa shape index (κ1) is 17.1. The SMILES string of the molecule is CCNC(=O)NC(=O)C(C)NC(CO)Cc1ccccc1. The number of benzene rings is 1. The van der Waals surface area contributed by atoms with Crippen molar-refractivity contribution in [2.45, 2.75) is 32.4 Å². The van der Waals surface area contributed by atoms with Crippen molar-refractivity contribution in [1.82, 2.24) is 16.0 Å². The van der Waals surface area contributed by atoms with Crippen molar-refractivity contribution in [3.63, 3.8) is 0 Å². The van der Waals surface area contributed by atoms with Crippen LogP contribution in [-0.2, 0) is 11.2 Å². The van der Waals surface area contributed by atoms with Crippen molar-refractivity contribution in [3.05, 3.63) is 35.9 Å². The van der Waals surface area contributed by atoms with Gasteiger partial charge in [-0.05, 0) is 25.8 Å². The Bertz CT molecular complexity index is 451. The molecule has 0 saturated carbocycles. The molecular formula is C15H23N3O3. The molecule has 1 rings (SSSR count). The van der Waals surface area contributed by atoms with E-state index in [0.29, 0.717) is 13.0 Å². The van der Waals surface area contributed by atoms with Gasteiger partial charge in [-0.3, -0.25) is 10.1 Å². The average Bonchev–Trinajstić information content (AvgIpc) is 2.47. The minimum Gasteiger partial charge on any atom is -0.395 e. The summed E-state index contributed by atoms with van der Waals surface area (Å²) in [6.45, 7) is 3.79. The van der Waals surface area contributed by atoms with Gasteiger partial charge >= 0.3 is 6.03 Å². The highest BCUT2D eigenvalue weighted by Crippen LogP contribution is 2.03. The van der Waals surface area contributed by atoms with Crippen LogP contribution < -0.4 is 16.0 Å². The molecule has 6 heteroatoms. The molecule has 2 unspecified atom stereocenters. The maximum absolute atomic E-state index is 11.8. The third-order valence-corrected chi connectivity index (χ3v) is 3.00. The first-order valence-electron chi connectivity index (χ1n) is 7.06. The predicted molar refractivity (Wildman–Crippen MR) is 80.8 cm³/mol. The average molecular weight is 293 g/mol. The number of nitrogens with one attached hydrogen (secondary N) is 3. The zero-order chi connectivity index (χ0) is 15.7. The predicted octanol–water partition coefficient (Wildman–Crippen LogP) is 0.414. The van der Waals surface area contributed by atoms with Gasteiger partial charge < -0.3 is 15.7 Å². The summed E-state index contributed by atoms with van der Waals surface area (Å²) in [5.41, 5.74) is 1.07. The lowest BCUT2D eigenvalue weighted by molar-refractivity contribution is -0.121. The quantitative estimate of drug-likeness (QED) is 0.586. The van der Waals surface area contributed by atoms with Gasteiger partial charge in [-0.1, -0.05) is 30.3 Å². The van der Waals surface area contributed by atoms with E-state index in [0.717, 1.165) is 5.56 Å². The van der Waals surface area contributed by atoms with Crippen molar-refractivity contribution in [2.24, 2.45) is 0 Å². The minimum atomic E-state index is -0.575. The van der Waals surface area contributed by atoms with Gasteiger partial charge in [0.15, 0.2) is 0 Å². The van der Waals surface area contributed by atoms with E-state index < -0.39 is 18.0 Å². The van der Waals surface area contributed by atoms with Gasteiger partial charge in [0.25, 0.3) is 0 Å². The molecule has 0 saturated heterocycles. The van der Waals surface area contributed by atoms with Crippen LogP contribution in [0.5, 0.6) is 0 Å². The molecule has 1 aromatic rings. The van der Waals surface area contributed by atoms with Gasteiger partial charge in [-0.2, -0.15) is 0 Å². The summed E-state index contributed by atoms with van der Waals surface area (Å²) < 4.78 is 0. The second-order valence-electron chi connectivity index (χ2n) is 4.81. The summed E-state index contributed by atoms with van der Waals surface area (Å²) in [5.74, 6) is -0.424. The molecule has 116 valence electrons. The molecule has 0 bridgehead atoms. The molecule has 0 radical (unpaired) electrons. The Kier molecular flexibility index (Phi) is 7.42. The van der Waals surface area contributed by atoms with E-state index in [2.05, 4.69) is 16.0 Å². The Morgan fingerprint density at radius 3 is 2.48 bits per heavy atom. The number of aliphatic hydroxyl groups is 1. The number of aliphatic hydroxyl groups excluding tert-OH is 1. The van der Waals surface area contributed by atoms with Crippen LogP contribution in [0.4, 0.5) is 4.79 Å². The number of carbonyl (C=O) groups is 2. The molecule has 4 N–H and O–H groups in total. The highest BCUT2D eigenvalue weighted by Gasteiger charge is 2.19. The third kappa shape index (κ3) is 6.37. The summed E-state index contributed by atoms with van der Waals surface area (Å²) >= 11 is 0. The van der Waals surface area contributed by atoms with Gasteiger partial charge in [0.1, 0.15) is 0 Å². The fraction of sp³-hybridized carbons (Fsp3) is 0.467. The zero-order valence-electron chi connectivity index (χ0n) is 12.4. The maximum Gasteiger partial charge on any atom is 0.321 e. The Morgan fingerprint density at radius 2 is 1.90 bits per heavy atom. The van der Waals surface area contributed by atoms with Gasteiger partial charge in [-0.15, -0.1) is 0 Å². The molecule has 2 atom stereocenters. The number of carbonyl (C=O) groups excluding carboxylic acids is 2. The second kappa shape index (κ2) is 9.10. The summed E-state index contributed by atoms with van der Waals surface area (Å²) in [6.07, 6.45) is 0.607. The van der Waals surface area contributed by atoms with Crippen LogP contribution in [0.3, 0.4) is 0 Å². The molecule has 0 fully saturated rings.